The van der Waals surface area contributed by atoms with E-state index in [1.807, 2.05) is 24.4 Å². The lowest BCUT2D eigenvalue weighted by molar-refractivity contribution is -0.158. The molecular formula is C36H36Cl4N4O6. The van der Waals surface area contributed by atoms with Gasteiger partial charge >= 0.3 is 5.97 Å². The van der Waals surface area contributed by atoms with Crippen LogP contribution in [0.5, 0.6) is 5.75 Å². The summed E-state index contributed by atoms with van der Waals surface area (Å²) in [5, 5.41) is 2.77. The molecule has 10 nitrogen and oxygen atoms in total. The minimum absolute atomic E-state index is 0.111. The SMILES string of the molecule is COC(=O)CN(CCc1ccc(Cl)cc1Cl)C(=O)CC1C(=O)N(CCc2ccc(Cl)cc2Cl)CC(=O)N1CCc1c[nH]c2ccc(OC)cc12. The zero-order valence-electron chi connectivity index (χ0n) is 27.5. The first kappa shape index (κ1) is 37.3. The minimum Gasteiger partial charge on any atom is -0.497 e. The third-order valence-electron chi connectivity index (χ3n) is 8.82. The third kappa shape index (κ3) is 9.03. The van der Waals surface area contributed by atoms with Crippen molar-refractivity contribution in [2.45, 2.75) is 31.7 Å². The number of esters is 1. The van der Waals surface area contributed by atoms with Gasteiger partial charge in [-0.25, -0.2) is 0 Å². The van der Waals surface area contributed by atoms with Crippen LogP contribution in [0.3, 0.4) is 0 Å². The van der Waals surface area contributed by atoms with Crippen LogP contribution in [-0.4, -0.2) is 96.4 Å². The van der Waals surface area contributed by atoms with E-state index in [9.17, 15) is 19.2 Å². The van der Waals surface area contributed by atoms with Crippen LogP contribution in [0, 0.1) is 0 Å². The molecule has 1 fully saturated rings. The number of carbonyl (C=O) groups is 4. The van der Waals surface area contributed by atoms with Gasteiger partial charge in [-0.05, 0) is 78.4 Å². The molecule has 1 aromatic heterocycles. The summed E-state index contributed by atoms with van der Waals surface area (Å²) in [4.78, 5) is 61.8. The number of H-pyrrole nitrogens is 1. The lowest BCUT2D eigenvalue weighted by Crippen LogP contribution is -2.61. The maximum atomic E-state index is 14.2. The molecule has 5 rings (SSSR count). The number of benzene rings is 3. The predicted octanol–water partition coefficient (Wildman–Crippen LogP) is 6.25. The van der Waals surface area contributed by atoms with E-state index in [2.05, 4.69) is 4.98 Å². The first-order valence-corrected chi connectivity index (χ1v) is 17.4. The van der Waals surface area contributed by atoms with Crippen LogP contribution in [0.2, 0.25) is 20.1 Å². The molecule has 1 aliphatic heterocycles. The van der Waals surface area contributed by atoms with Crippen LogP contribution in [0.25, 0.3) is 10.9 Å². The highest BCUT2D eigenvalue weighted by Crippen LogP contribution is 2.27. The standard InChI is InChI=1S/C36H36Cl4N4O6/c1-49-27-7-8-31-28(17-27)24(19-41-31)11-14-44-32(36(48)43(20-34(44)46)13-10-23-4-6-26(38)16-30(23)40)18-33(45)42(21-35(47)50-2)12-9-22-3-5-25(37)15-29(22)39/h3-8,15-17,19,32,41H,9-14,18,20-21H2,1-2H3. The molecule has 0 bridgehead atoms. The molecule has 3 aromatic carbocycles. The number of halogens is 4. The average Bonchev–Trinajstić information content (AvgIpc) is 3.50. The molecule has 1 aliphatic rings. The Hall–Kier alpha value is -3.96. The van der Waals surface area contributed by atoms with Crippen LogP contribution >= 0.6 is 46.4 Å². The Kier molecular flexibility index (Phi) is 12.6. The van der Waals surface area contributed by atoms with E-state index in [0.29, 0.717) is 45.1 Å². The summed E-state index contributed by atoms with van der Waals surface area (Å²) in [6, 6.07) is 14.7. The lowest BCUT2D eigenvalue weighted by atomic mass is 10.0. The second-order valence-corrected chi connectivity index (χ2v) is 13.6. The summed E-state index contributed by atoms with van der Waals surface area (Å²) >= 11 is 24.9. The summed E-state index contributed by atoms with van der Waals surface area (Å²) in [5.41, 5.74) is 3.33. The number of amides is 3. The number of rotatable bonds is 14. The largest absolute Gasteiger partial charge is 0.497 e. The van der Waals surface area contributed by atoms with Crippen molar-refractivity contribution >= 4 is 81.0 Å². The number of fused-ring (bicyclic) bond motifs is 1. The van der Waals surface area contributed by atoms with Gasteiger partial charge in [0, 0.05) is 56.8 Å². The van der Waals surface area contributed by atoms with Crippen LogP contribution < -0.4 is 4.74 Å². The van der Waals surface area contributed by atoms with Gasteiger partial charge < -0.3 is 29.2 Å². The summed E-state index contributed by atoms with van der Waals surface area (Å²) in [5.74, 6) is -1.10. The number of methoxy groups -OCH3 is 2. The van der Waals surface area contributed by atoms with Crippen molar-refractivity contribution in [2.24, 2.45) is 0 Å². The van der Waals surface area contributed by atoms with Gasteiger partial charge in [0.15, 0.2) is 0 Å². The molecule has 14 heteroatoms. The fourth-order valence-corrected chi connectivity index (χ4v) is 7.02. The first-order chi connectivity index (χ1) is 24.0. The predicted molar refractivity (Wildman–Crippen MR) is 194 cm³/mol. The quantitative estimate of drug-likeness (QED) is 0.152. The highest BCUT2D eigenvalue weighted by Gasteiger charge is 2.41. The molecule has 0 radical (unpaired) electrons. The molecule has 0 aliphatic carbocycles. The van der Waals surface area contributed by atoms with Gasteiger partial charge in [0.05, 0.1) is 27.2 Å². The number of carbonyl (C=O) groups excluding carboxylic acids is 4. The van der Waals surface area contributed by atoms with Gasteiger partial charge in [0.25, 0.3) is 0 Å². The van der Waals surface area contributed by atoms with Crippen molar-refractivity contribution in [3.8, 4) is 5.75 Å². The Morgan fingerprint density at radius 2 is 1.52 bits per heavy atom. The molecule has 2 heterocycles. The highest BCUT2D eigenvalue weighted by atomic mass is 35.5. The van der Waals surface area contributed by atoms with E-state index in [1.54, 1.807) is 43.5 Å². The Balaban J connectivity index is 1.38. The van der Waals surface area contributed by atoms with Gasteiger partial charge in [-0.15, -0.1) is 0 Å². The van der Waals surface area contributed by atoms with Crippen molar-refractivity contribution in [1.82, 2.24) is 19.7 Å². The molecule has 50 heavy (non-hydrogen) atoms. The average molecular weight is 763 g/mol. The van der Waals surface area contributed by atoms with Crippen LogP contribution in [-0.2, 0) is 43.2 Å². The summed E-state index contributed by atoms with van der Waals surface area (Å²) in [6.07, 6.45) is 2.64. The molecule has 0 saturated carbocycles. The molecule has 1 unspecified atom stereocenters. The summed E-state index contributed by atoms with van der Waals surface area (Å²) < 4.78 is 10.3. The van der Waals surface area contributed by atoms with E-state index in [4.69, 9.17) is 55.9 Å². The fraction of sp³-hybridized carbons (Fsp3) is 0.333. The zero-order chi connectivity index (χ0) is 35.9. The molecule has 1 atom stereocenters. The van der Waals surface area contributed by atoms with Crippen LogP contribution in [0.4, 0.5) is 0 Å². The van der Waals surface area contributed by atoms with E-state index < -0.39 is 17.9 Å². The molecule has 264 valence electrons. The summed E-state index contributed by atoms with van der Waals surface area (Å²) in [7, 11) is 2.82. The number of ether oxygens (including phenoxy) is 2. The van der Waals surface area contributed by atoms with Crippen molar-refractivity contribution < 1.29 is 28.7 Å². The molecule has 0 spiro atoms. The van der Waals surface area contributed by atoms with E-state index >= 15 is 0 Å². The smallest absolute Gasteiger partial charge is 0.325 e. The van der Waals surface area contributed by atoms with E-state index in [0.717, 1.165) is 27.6 Å². The zero-order valence-corrected chi connectivity index (χ0v) is 30.5. The van der Waals surface area contributed by atoms with Gasteiger partial charge in [-0.2, -0.15) is 0 Å². The maximum absolute atomic E-state index is 14.2. The number of aromatic nitrogens is 1. The number of aromatic amines is 1. The molecule has 1 N–H and O–H groups in total. The Morgan fingerprint density at radius 3 is 2.16 bits per heavy atom. The van der Waals surface area contributed by atoms with Gasteiger partial charge in [-0.1, -0.05) is 58.5 Å². The Labute approximate surface area is 310 Å². The van der Waals surface area contributed by atoms with Gasteiger partial charge in [0.2, 0.25) is 17.7 Å². The number of nitrogens with one attached hydrogen (secondary N) is 1. The van der Waals surface area contributed by atoms with Crippen molar-refractivity contribution in [2.75, 3.05) is 46.9 Å². The lowest BCUT2D eigenvalue weighted by Gasteiger charge is -2.40. The Bertz CT molecular complexity index is 1900. The third-order valence-corrected chi connectivity index (χ3v) is 9.99. The number of piperazine rings is 1. The van der Waals surface area contributed by atoms with Crippen LogP contribution in [0.1, 0.15) is 23.1 Å². The van der Waals surface area contributed by atoms with E-state index in [-0.39, 0.29) is 51.0 Å². The number of hydrogen-bond acceptors (Lipinski definition) is 6. The maximum Gasteiger partial charge on any atom is 0.325 e. The van der Waals surface area contributed by atoms with Gasteiger partial charge in [0.1, 0.15) is 18.3 Å². The Morgan fingerprint density at radius 1 is 0.860 bits per heavy atom. The highest BCUT2D eigenvalue weighted by molar-refractivity contribution is 6.35. The molecular weight excluding hydrogens is 726 g/mol. The second-order valence-electron chi connectivity index (χ2n) is 11.9. The monoisotopic (exact) mass is 760 g/mol. The molecule has 4 aromatic rings. The van der Waals surface area contributed by atoms with Gasteiger partial charge in [-0.3, -0.25) is 19.2 Å². The number of hydrogen-bond donors (Lipinski definition) is 1. The topological polar surface area (TPSA) is 112 Å². The summed E-state index contributed by atoms with van der Waals surface area (Å²) in [6.45, 7) is -0.00259. The molecule has 3 amide bonds. The fourth-order valence-electron chi connectivity index (χ4n) is 6.02. The van der Waals surface area contributed by atoms with Crippen molar-refractivity contribution in [3.63, 3.8) is 0 Å². The van der Waals surface area contributed by atoms with Crippen molar-refractivity contribution in [1.29, 1.82) is 0 Å². The van der Waals surface area contributed by atoms with Crippen molar-refractivity contribution in [3.05, 3.63) is 97.6 Å². The molecule has 1 saturated heterocycles. The normalized spacial score (nSPS) is 14.7. The first-order valence-electron chi connectivity index (χ1n) is 15.9. The van der Waals surface area contributed by atoms with E-state index in [1.165, 1.54) is 21.8 Å². The number of nitrogens with zero attached hydrogens (tertiary/aromatic N) is 3. The second kappa shape index (κ2) is 16.8. The van der Waals surface area contributed by atoms with Crippen LogP contribution in [0.15, 0.2) is 60.8 Å². The minimum atomic E-state index is -1.11.